The van der Waals surface area contributed by atoms with Crippen molar-refractivity contribution in [2.75, 3.05) is 13.7 Å². The third-order valence-corrected chi connectivity index (χ3v) is 3.45. The molecule has 5 nitrogen and oxygen atoms in total. The van der Waals surface area contributed by atoms with Gasteiger partial charge in [0.1, 0.15) is 5.75 Å². The highest BCUT2D eigenvalue weighted by molar-refractivity contribution is 5.74. The van der Waals surface area contributed by atoms with E-state index in [1.165, 1.54) is 5.56 Å². The summed E-state index contributed by atoms with van der Waals surface area (Å²) in [5, 5.41) is 14.7. The molecule has 1 rings (SSSR count). The molecule has 0 aliphatic rings. The van der Waals surface area contributed by atoms with Crippen LogP contribution in [-0.2, 0) is 6.42 Å². The maximum absolute atomic E-state index is 11.7. The second-order valence-electron chi connectivity index (χ2n) is 5.19. The summed E-state index contributed by atoms with van der Waals surface area (Å²) < 4.78 is 5.12. The average molecular weight is 294 g/mol. The summed E-state index contributed by atoms with van der Waals surface area (Å²) in [4.78, 5) is 11.7. The number of carbonyl (C=O) groups excluding carboxylic acids is 1. The largest absolute Gasteiger partial charge is 0.497 e. The number of benzene rings is 1. The molecule has 0 aliphatic heterocycles. The highest BCUT2D eigenvalue weighted by Crippen LogP contribution is 2.13. The van der Waals surface area contributed by atoms with Gasteiger partial charge >= 0.3 is 6.03 Å². The number of urea groups is 1. The summed E-state index contributed by atoms with van der Waals surface area (Å²) in [7, 11) is 1.65. The topological polar surface area (TPSA) is 70.6 Å². The molecule has 118 valence electrons. The van der Waals surface area contributed by atoms with Gasteiger partial charge in [-0.3, -0.25) is 0 Å². The zero-order chi connectivity index (χ0) is 15.7. The Labute approximate surface area is 126 Å². The Bertz CT molecular complexity index is 416. The van der Waals surface area contributed by atoms with Crippen LogP contribution >= 0.6 is 0 Å². The first kappa shape index (κ1) is 17.3. The van der Waals surface area contributed by atoms with Gasteiger partial charge in [0.2, 0.25) is 0 Å². The number of aliphatic hydroxyl groups excluding tert-OH is 1. The third kappa shape index (κ3) is 6.49. The maximum Gasteiger partial charge on any atom is 0.315 e. The number of aliphatic hydroxyl groups is 1. The van der Waals surface area contributed by atoms with E-state index in [-0.39, 0.29) is 24.7 Å². The van der Waals surface area contributed by atoms with E-state index in [1.807, 2.05) is 38.1 Å². The molecular formula is C16H26N2O3. The quantitative estimate of drug-likeness (QED) is 0.687. The summed E-state index contributed by atoms with van der Waals surface area (Å²) in [6, 6.07) is 7.61. The minimum Gasteiger partial charge on any atom is -0.497 e. The molecule has 2 atom stereocenters. The van der Waals surface area contributed by atoms with Gasteiger partial charge in [0.25, 0.3) is 0 Å². The third-order valence-electron chi connectivity index (χ3n) is 3.45. The van der Waals surface area contributed by atoms with Crippen LogP contribution in [-0.4, -0.2) is 36.9 Å². The fourth-order valence-electron chi connectivity index (χ4n) is 1.98. The summed E-state index contributed by atoms with van der Waals surface area (Å²) in [5.74, 6) is 0.846. The fraction of sp³-hybridized carbons (Fsp3) is 0.562. The minimum atomic E-state index is -0.224. The number of hydrogen-bond acceptors (Lipinski definition) is 3. The van der Waals surface area contributed by atoms with Crippen LogP contribution in [0.3, 0.4) is 0 Å². The number of hydrogen-bond donors (Lipinski definition) is 3. The van der Waals surface area contributed by atoms with Crippen molar-refractivity contribution >= 4 is 6.03 Å². The zero-order valence-electron chi connectivity index (χ0n) is 13.1. The lowest BCUT2D eigenvalue weighted by Gasteiger charge is -2.18. The first-order valence-electron chi connectivity index (χ1n) is 7.39. The number of rotatable bonds is 8. The molecule has 1 aromatic carbocycles. The highest BCUT2D eigenvalue weighted by atomic mass is 16.5. The molecule has 5 heteroatoms. The molecule has 0 aliphatic carbocycles. The smallest absolute Gasteiger partial charge is 0.315 e. The predicted octanol–water partition coefficient (Wildman–Crippen LogP) is 2.09. The van der Waals surface area contributed by atoms with E-state index in [4.69, 9.17) is 9.84 Å². The summed E-state index contributed by atoms with van der Waals surface area (Å²) >= 11 is 0. The van der Waals surface area contributed by atoms with Gasteiger partial charge in [-0.25, -0.2) is 4.79 Å². The van der Waals surface area contributed by atoms with Gasteiger partial charge in [-0.05, 0) is 43.9 Å². The van der Waals surface area contributed by atoms with Gasteiger partial charge in [0, 0.05) is 6.04 Å². The van der Waals surface area contributed by atoms with Gasteiger partial charge in [0.15, 0.2) is 0 Å². The van der Waals surface area contributed by atoms with Crippen molar-refractivity contribution in [3.05, 3.63) is 29.8 Å². The molecule has 21 heavy (non-hydrogen) atoms. The van der Waals surface area contributed by atoms with Crippen LogP contribution in [0.4, 0.5) is 4.79 Å². The molecule has 0 heterocycles. The molecule has 2 unspecified atom stereocenters. The normalized spacial score (nSPS) is 13.3. The monoisotopic (exact) mass is 294 g/mol. The van der Waals surface area contributed by atoms with Crippen molar-refractivity contribution in [2.45, 2.75) is 45.2 Å². The molecular weight excluding hydrogens is 268 g/mol. The van der Waals surface area contributed by atoms with Gasteiger partial charge in [-0.1, -0.05) is 19.1 Å². The molecule has 0 aromatic heterocycles. The van der Waals surface area contributed by atoms with E-state index >= 15 is 0 Å². The van der Waals surface area contributed by atoms with E-state index in [9.17, 15) is 4.79 Å². The second-order valence-corrected chi connectivity index (χ2v) is 5.19. The first-order valence-corrected chi connectivity index (χ1v) is 7.39. The number of nitrogens with one attached hydrogen (secondary N) is 2. The maximum atomic E-state index is 11.7. The molecule has 0 radical (unpaired) electrons. The highest BCUT2D eigenvalue weighted by Gasteiger charge is 2.11. The Balaban J connectivity index is 2.32. The molecule has 0 fully saturated rings. The van der Waals surface area contributed by atoms with E-state index in [0.29, 0.717) is 6.42 Å². The molecule has 0 bridgehead atoms. The van der Waals surface area contributed by atoms with Crippen molar-refractivity contribution in [2.24, 2.45) is 0 Å². The average Bonchev–Trinajstić information content (AvgIpc) is 2.51. The van der Waals surface area contributed by atoms with Crippen LogP contribution in [0, 0.1) is 0 Å². The molecule has 0 spiro atoms. The van der Waals surface area contributed by atoms with E-state index < -0.39 is 0 Å². The summed E-state index contributed by atoms with van der Waals surface area (Å²) in [5.41, 5.74) is 1.21. The van der Waals surface area contributed by atoms with Crippen LogP contribution < -0.4 is 15.4 Å². The molecule has 0 saturated heterocycles. The van der Waals surface area contributed by atoms with Crippen LogP contribution in [0.5, 0.6) is 5.75 Å². The Morgan fingerprint density at radius 3 is 2.48 bits per heavy atom. The first-order chi connectivity index (χ1) is 10.1. The molecule has 2 amide bonds. The summed E-state index contributed by atoms with van der Waals surface area (Å²) in [6.45, 7) is 3.86. The van der Waals surface area contributed by atoms with E-state index in [1.54, 1.807) is 7.11 Å². The number of methoxy groups -OCH3 is 1. The van der Waals surface area contributed by atoms with Crippen LogP contribution in [0.1, 0.15) is 32.3 Å². The van der Waals surface area contributed by atoms with Crippen molar-refractivity contribution in [1.82, 2.24) is 10.6 Å². The lowest BCUT2D eigenvalue weighted by molar-refractivity contribution is 0.212. The van der Waals surface area contributed by atoms with Crippen molar-refractivity contribution in [1.29, 1.82) is 0 Å². The van der Waals surface area contributed by atoms with Crippen LogP contribution in [0.2, 0.25) is 0 Å². The number of amides is 2. The fourth-order valence-corrected chi connectivity index (χ4v) is 1.98. The Morgan fingerprint density at radius 2 is 1.95 bits per heavy atom. The SMILES string of the molecule is CCC(CO)NC(=O)NC(C)CCc1ccc(OC)cc1. The number of ether oxygens (including phenoxy) is 1. The van der Waals surface area contributed by atoms with Gasteiger partial charge < -0.3 is 20.5 Å². The van der Waals surface area contributed by atoms with Crippen LogP contribution in [0.25, 0.3) is 0 Å². The molecule has 0 saturated carbocycles. The Hall–Kier alpha value is -1.75. The number of aryl methyl sites for hydroxylation is 1. The van der Waals surface area contributed by atoms with Gasteiger partial charge in [0.05, 0.1) is 19.8 Å². The van der Waals surface area contributed by atoms with Crippen molar-refractivity contribution in [3.8, 4) is 5.75 Å². The standard InChI is InChI=1S/C16H26N2O3/c1-4-14(11-19)18-16(20)17-12(2)5-6-13-7-9-15(21-3)10-8-13/h7-10,12,14,19H,4-6,11H2,1-3H3,(H2,17,18,20). The Morgan fingerprint density at radius 1 is 1.29 bits per heavy atom. The van der Waals surface area contributed by atoms with Crippen molar-refractivity contribution in [3.63, 3.8) is 0 Å². The summed E-state index contributed by atoms with van der Waals surface area (Å²) in [6.07, 6.45) is 2.46. The lowest BCUT2D eigenvalue weighted by Crippen LogP contribution is -2.46. The van der Waals surface area contributed by atoms with E-state index in [2.05, 4.69) is 10.6 Å². The predicted molar refractivity (Wildman–Crippen MR) is 83.6 cm³/mol. The van der Waals surface area contributed by atoms with E-state index in [0.717, 1.165) is 18.6 Å². The van der Waals surface area contributed by atoms with Gasteiger partial charge in [-0.2, -0.15) is 0 Å². The molecule has 1 aromatic rings. The minimum absolute atomic E-state index is 0.0376. The Kier molecular flexibility index (Phi) is 7.61. The van der Waals surface area contributed by atoms with Crippen LogP contribution in [0.15, 0.2) is 24.3 Å². The number of carbonyl (C=O) groups is 1. The van der Waals surface area contributed by atoms with Gasteiger partial charge in [-0.15, -0.1) is 0 Å². The zero-order valence-corrected chi connectivity index (χ0v) is 13.1. The van der Waals surface area contributed by atoms with Crippen molar-refractivity contribution < 1.29 is 14.6 Å². The molecule has 3 N–H and O–H groups in total. The lowest BCUT2D eigenvalue weighted by atomic mass is 10.1. The second kappa shape index (κ2) is 9.23.